The van der Waals surface area contributed by atoms with Crippen LogP contribution in [0, 0.1) is 13.5 Å². The lowest BCUT2D eigenvalue weighted by Crippen LogP contribution is -2.25. The largest absolute Gasteiger partial charge is 0.371 e. The molecule has 2 aliphatic rings. The number of carbonyl (C=O) groups excluding carboxylic acids is 1. The maximum Gasteiger partial charge on any atom is 0.249 e. The number of fused-ring (bicyclic) bond motifs is 1. The third-order valence-corrected chi connectivity index (χ3v) is 4.51. The molecule has 0 fully saturated rings. The number of aryl methyl sites for hydroxylation is 1. The molecule has 3 heterocycles. The number of nitrogens with one attached hydrogen (secondary N) is 3. The third kappa shape index (κ3) is 1.87. The second-order valence-electron chi connectivity index (χ2n) is 5.87. The number of allylic oxidation sites excluding steroid dienone is 2. The van der Waals surface area contributed by atoms with E-state index < -0.39 is 0 Å². The SMILES string of the molecule is [C-]#[N+]C1=C(C)NC2=C(C(=O)NC2)C1c1ccc2[nH]nc(C)c2c1. The molecular formula is C17H15N5O. The van der Waals surface area contributed by atoms with E-state index in [2.05, 4.69) is 25.7 Å². The summed E-state index contributed by atoms with van der Waals surface area (Å²) >= 11 is 0. The number of aromatic amines is 1. The van der Waals surface area contributed by atoms with Crippen molar-refractivity contribution in [1.29, 1.82) is 0 Å². The van der Waals surface area contributed by atoms with E-state index in [4.69, 9.17) is 6.57 Å². The Balaban J connectivity index is 1.94. The summed E-state index contributed by atoms with van der Waals surface area (Å²) in [5, 5.41) is 14.3. The van der Waals surface area contributed by atoms with Gasteiger partial charge in [0, 0.05) is 22.4 Å². The predicted molar refractivity (Wildman–Crippen MR) is 86.0 cm³/mol. The molecule has 1 aromatic heterocycles. The molecule has 0 radical (unpaired) electrons. The number of dihydropyridines is 1. The standard InChI is InChI=1S/C17H15N5O/c1-8-11-6-10(4-5-12(11)22-21-8)14-15-13(7-19-17(15)23)20-9(2)16(14)18-3/h4-6,14,20H,7H2,1-2H3,(H,19,23)(H,21,22). The second kappa shape index (κ2) is 4.71. The van der Waals surface area contributed by atoms with Crippen LogP contribution in [0.3, 0.4) is 0 Å². The molecule has 1 unspecified atom stereocenters. The highest BCUT2D eigenvalue weighted by atomic mass is 16.2. The molecule has 6 nitrogen and oxygen atoms in total. The summed E-state index contributed by atoms with van der Waals surface area (Å²) in [4.78, 5) is 16.0. The molecule has 0 spiro atoms. The van der Waals surface area contributed by atoms with Gasteiger partial charge >= 0.3 is 0 Å². The Morgan fingerprint density at radius 1 is 1.35 bits per heavy atom. The summed E-state index contributed by atoms with van der Waals surface area (Å²) in [7, 11) is 0. The van der Waals surface area contributed by atoms with Gasteiger partial charge in [0.1, 0.15) is 0 Å². The lowest BCUT2D eigenvalue weighted by Gasteiger charge is -2.25. The van der Waals surface area contributed by atoms with Crippen molar-refractivity contribution in [1.82, 2.24) is 20.8 Å². The molecule has 23 heavy (non-hydrogen) atoms. The van der Waals surface area contributed by atoms with Crippen molar-refractivity contribution >= 4 is 16.8 Å². The van der Waals surface area contributed by atoms with Crippen molar-refractivity contribution in [3.05, 3.63) is 63.5 Å². The molecule has 1 atom stereocenters. The molecular weight excluding hydrogens is 290 g/mol. The highest BCUT2D eigenvalue weighted by molar-refractivity contribution is 6.00. The number of hydrogen-bond acceptors (Lipinski definition) is 3. The fourth-order valence-corrected chi connectivity index (χ4v) is 3.37. The molecule has 0 bridgehead atoms. The van der Waals surface area contributed by atoms with Gasteiger partial charge in [-0.25, -0.2) is 4.85 Å². The van der Waals surface area contributed by atoms with Gasteiger partial charge in [0.2, 0.25) is 5.91 Å². The van der Waals surface area contributed by atoms with Gasteiger partial charge in [-0.1, -0.05) is 6.07 Å². The zero-order chi connectivity index (χ0) is 16.1. The van der Waals surface area contributed by atoms with Crippen LogP contribution in [0.2, 0.25) is 0 Å². The molecule has 114 valence electrons. The Hall–Kier alpha value is -3.07. The van der Waals surface area contributed by atoms with Crippen molar-refractivity contribution in [3.8, 4) is 0 Å². The molecule has 6 heteroatoms. The normalized spacial score (nSPS) is 20.4. The number of hydrogen-bond donors (Lipinski definition) is 3. The Labute approximate surface area is 133 Å². The minimum absolute atomic E-state index is 0.102. The van der Waals surface area contributed by atoms with Crippen molar-refractivity contribution in [2.45, 2.75) is 19.8 Å². The first-order valence-electron chi connectivity index (χ1n) is 7.41. The molecule has 2 aliphatic heterocycles. The fraction of sp³-hybridized carbons (Fsp3) is 0.235. The number of benzene rings is 1. The van der Waals surface area contributed by atoms with Gasteiger partial charge in [-0.3, -0.25) is 9.89 Å². The molecule has 0 saturated heterocycles. The van der Waals surface area contributed by atoms with Crippen molar-refractivity contribution in [3.63, 3.8) is 0 Å². The average molecular weight is 305 g/mol. The Kier molecular flexibility index (Phi) is 2.78. The van der Waals surface area contributed by atoms with Crippen LogP contribution in [0.1, 0.15) is 24.1 Å². The average Bonchev–Trinajstić information content (AvgIpc) is 3.09. The molecule has 1 aromatic carbocycles. The van der Waals surface area contributed by atoms with Gasteiger partial charge in [0.05, 0.1) is 30.2 Å². The van der Waals surface area contributed by atoms with E-state index in [1.165, 1.54) is 0 Å². The van der Waals surface area contributed by atoms with Gasteiger partial charge in [-0.05, 0) is 31.5 Å². The smallest absolute Gasteiger partial charge is 0.249 e. The van der Waals surface area contributed by atoms with Crippen LogP contribution in [0.25, 0.3) is 15.7 Å². The number of aromatic nitrogens is 2. The van der Waals surface area contributed by atoms with E-state index in [-0.39, 0.29) is 11.8 Å². The van der Waals surface area contributed by atoms with Gasteiger partial charge < -0.3 is 10.6 Å². The van der Waals surface area contributed by atoms with E-state index in [1.807, 2.05) is 32.0 Å². The van der Waals surface area contributed by atoms with Crippen LogP contribution in [0.4, 0.5) is 0 Å². The van der Waals surface area contributed by atoms with E-state index in [9.17, 15) is 4.79 Å². The summed E-state index contributed by atoms with van der Waals surface area (Å²) in [6.07, 6.45) is 0. The van der Waals surface area contributed by atoms with E-state index >= 15 is 0 Å². The first-order chi connectivity index (χ1) is 11.1. The number of nitrogens with zero attached hydrogens (tertiary/aromatic N) is 2. The molecule has 4 rings (SSSR count). The number of carbonyl (C=O) groups is 1. The summed E-state index contributed by atoms with van der Waals surface area (Å²) in [5.74, 6) is -0.430. The maximum atomic E-state index is 12.3. The number of amides is 1. The fourth-order valence-electron chi connectivity index (χ4n) is 3.37. The highest BCUT2D eigenvalue weighted by Crippen LogP contribution is 2.40. The molecule has 3 N–H and O–H groups in total. The van der Waals surface area contributed by atoms with Crippen LogP contribution < -0.4 is 10.6 Å². The van der Waals surface area contributed by atoms with Crippen LogP contribution in [-0.2, 0) is 4.79 Å². The van der Waals surface area contributed by atoms with E-state index in [0.29, 0.717) is 17.8 Å². The molecule has 1 amide bonds. The molecule has 0 saturated carbocycles. The number of H-pyrrole nitrogens is 1. The monoisotopic (exact) mass is 305 g/mol. The summed E-state index contributed by atoms with van der Waals surface area (Å²) in [6, 6.07) is 5.94. The minimum atomic E-state index is -0.329. The first kappa shape index (κ1) is 13.6. The Morgan fingerprint density at radius 3 is 2.96 bits per heavy atom. The lowest BCUT2D eigenvalue weighted by molar-refractivity contribution is -0.116. The van der Waals surface area contributed by atoms with Gasteiger partial charge in [-0.15, -0.1) is 0 Å². The number of rotatable bonds is 1. The van der Waals surface area contributed by atoms with Gasteiger partial charge in [0.25, 0.3) is 0 Å². The Morgan fingerprint density at radius 2 is 2.17 bits per heavy atom. The van der Waals surface area contributed by atoms with Crippen molar-refractivity contribution in [2.24, 2.45) is 0 Å². The minimum Gasteiger partial charge on any atom is -0.371 e. The first-order valence-corrected chi connectivity index (χ1v) is 7.41. The predicted octanol–water partition coefficient (Wildman–Crippen LogP) is 2.09. The second-order valence-corrected chi connectivity index (χ2v) is 5.87. The van der Waals surface area contributed by atoms with Crippen LogP contribution >= 0.6 is 0 Å². The Bertz CT molecular complexity index is 957. The summed E-state index contributed by atoms with van der Waals surface area (Å²) in [5.41, 5.74) is 5.71. The van der Waals surface area contributed by atoms with Crippen LogP contribution in [0.5, 0.6) is 0 Å². The maximum absolute atomic E-state index is 12.3. The van der Waals surface area contributed by atoms with Crippen molar-refractivity contribution in [2.75, 3.05) is 6.54 Å². The zero-order valence-corrected chi connectivity index (χ0v) is 12.8. The highest BCUT2D eigenvalue weighted by Gasteiger charge is 2.37. The summed E-state index contributed by atoms with van der Waals surface area (Å²) in [6.45, 7) is 11.9. The molecule has 0 aliphatic carbocycles. The third-order valence-electron chi connectivity index (χ3n) is 4.51. The van der Waals surface area contributed by atoms with Crippen LogP contribution in [0.15, 0.2) is 40.9 Å². The zero-order valence-electron chi connectivity index (χ0n) is 12.8. The quantitative estimate of drug-likeness (QED) is 0.706. The topological polar surface area (TPSA) is 74.2 Å². The molecule has 2 aromatic rings. The summed E-state index contributed by atoms with van der Waals surface area (Å²) < 4.78 is 0. The van der Waals surface area contributed by atoms with Crippen molar-refractivity contribution < 1.29 is 4.79 Å². The lowest BCUT2D eigenvalue weighted by atomic mass is 9.84. The van der Waals surface area contributed by atoms with Gasteiger partial charge in [0.15, 0.2) is 5.70 Å². The van der Waals surface area contributed by atoms with E-state index in [1.54, 1.807) is 0 Å². The van der Waals surface area contributed by atoms with Crippen LogP contribution in [-0.4, -0.2) is 22.6 Å². The van der Waals surface area contributed by atoms with Gasteiger partial charge in [-0.2, -0.15) is 5.10 Å². The van der Waals surface area contributed by atoms with E-state index in [0.717, 1.165) is 33.6 Å².